The normalized spacial score (nSPS) is 34.8. The van der Waals surface area contributed by atoms with Gasteiger partial charge in [0.15, 0.2) is 5.78 Å². The van der Waals surface area contributed by atoms with Crippen LogP contribution in [-0.4, -0.2) is 30.9 Å². The first kappa shape index (κ1) is 15.5. The van der Waals surface area contributed by atoms with Gasteiger partial charge in [0, 0.05) is 6.92 Å². The molecular formula is C16H20O5. The molecule has 2 aliphatic carbocycles. The van der Waals surface area contributed by atoms with Crippen LogP contribution >= 0.6 is 0 Å². The molecule has 5 heteroatoms. The molecule has 3 atom stereocenters. The molecule has 1 fully saturated rings. The standard InChI is InChI=1S/C16H20O5/c1-10(17)21-13-8-9-15(2)11(6-5-7-12(15)18)16(13,3)14(19)20-4/h5-7,13H,8-9H2,1-4H3/t13-,15-,16+/m0/s1. The Balaban J connectivity index is 2.55. The van der Waals surface area contributed by atoms with E-state index >= 15 is 0 Å². The molecule has 0 aromatic heterocycles. The van der Waals surface area contributed by atoms with Crippen molar-refractivity contribution in [1.29, 1.82) is 0 Å². The van der Waals surface area contributed by atoms with E-state index in [-0.39, 0.29) is 5.78 Å². The number of ether oxygens (including phenoxy) is 2. The van der Waals surface area contributed by atoms with Crippen molar-refractivity contribution in [2.45, 2.75) is 39.7 Å². The first-order chi connectivity index (χ1) is 9.76. The summed E-state index contributed by atoms with van der Waals surface area (Å²) in [6, 6.07) is 0. The monoisotopic (exact) mass is 292 g/mol. The molecule has 0 radical (unpaired) electrons. The molecule has 0 amide bonds. The van der Waals surface area contributed by atoms with Gasteiger partial charge in [-0.15, -0.1) is 0 Å². The van der Waals surface area contributed by atoms with Gasteiger partial charge in [-0.2, -0.15) is 0 Å². The number of allylic oxidation sites excluding steroid dienone is 3. The van der Waals surface area contributed by atoms with Crippen molar-refractivity contribution >= 4 is 17.7 Å². The average molecular weight is 292 g/mol. The van der Waals surface area contributed by atoms with Crippen LogP contribution in [0.15, 0.2) is 23.8 Å². The van der Waals surface area contributed by atoms with E-state index in [0.717, 1.165) is 0 Å². The minimum Gasteiger partial charge on any atom is -0.468 e. The fourth-order valence-corrected chi connectivity index (χ4v) is 3.45. The largest absolute Gasteiger partial charge is 0.468 e. The summed E-state index contributed by atoms with van der Waals surface area (Å²) in [4.78, 5) is 36.0. The SMILES string of the molecule is COC(=O)[C@]1(C)C2=CC=CC(=O)[C@@]2(C)CC[C@@H]1OC(C)=O. The molecular weight excluding hydrogens is 272 g/mol. The fourth-order valence-electron chi connectivity index (χ4n) is 3.45. The summed E-state index contributed by atoms with van der Waals surface area (Å²) in [5.41, 5.74) is -1.23. The van der Waals surface area contributed by atoms with Crippen molar-refractivity contribution in [3.05, 3.63) is 23.8 Å². The Morgan fingerprint density at radius 2 is 2.00 bits per heavy atom. The van der Waals surface area contributed by atoms with Crippen molar-refractivity contribution in [2.24, 2.45) is 10.8 Å². The van der Waals surface area contributed by atoms with Gasteiger partial charge >= 0.3 is 11.9 Å². The lowest BCUT2D eigenvalue weighted by molar-refractivity contribution is -0.170. The summed E-state index contributed by atoms with van der Waals surface area (Å²) < 4.78 is 10.3. The van der Waals surface area contributed by atoms with Crippen molar-refractivity contribution in [2.75, 3.05) is 7.11 Å². The maximum Gasteiger partial charge on any atom is 0.319 e. The topological polar surface area (TPSA) is 69.7 Å². The number of hydrogen-bond acceptors (Lipinski definition) is 5. The number of methoxy groups -OCH3 is 1. The molecule has 2 rings (SSSR count). The Bertz CT molecular complexity index is 559. The maximum absolute atomic E-state index is 12.4. The van der Waals surface area contributed by atoms with Crippen molar-refractivity contribution < 1.29 is 23.9 Å². The lowest BCUT2D eigenvalue weighted by atomic mass is 9.55. The zero-order valence-corrected chi connectivity index (χ0v) is 12.8. The molecule has 0 N–H and O–H groups in total. The van der Waals surface area contributed by atoms with E-state index in [1.54, 1.807) is 19.1 Å². The highest BCUT2D eigenvalue weighted by Gasteiger charge is 2.58. The van der Waals surface area contributed by atoms with Gasteiger partial charge in [-0.25, -0.2) is 0 Å². The molecule has 114 valence electrons. The second-order valence-corrected chi connectivity index (χ2v) is 5.97. The van der Waals surface area contributed by atoms with Crippen LogP contribution in [0.2, 0.25) is 0 Å². The highest BCUT2D eigenvalue weighted by atomic mass is 16.6. The highest BCUT2D eigenvalue weighted by molar-refractivity contribution is 6.00. The lowest BCUT2D eigenvalue weighted by Crippen LogP contribution is -2.54. The van der Waals surface area contributed by atoms with E-state index in [1.165, 1.54) is 20.1 Å². The maximum atomic E-state index is 12.4. The zero-order valence-electron chi connectivity index (χ0n) is 12.8. The Labute approximate surface area is 124 Å². The van der Waals surface area contributed by atoms with E-state index in [1.807, 2.05) is 6.92 Å². The third kappa shape index (κ3) is 2.20. The molecule has 0 unspecified atom stereocenters. The third-order valence-electron chi connectivity index (χ3n) is 4.68. The van der Waals surface area contributed by atoms with Gasteiger partial charge in [-0.3, -0.25) is 14.4 Å². The number of carbonyl (C=O) groups is 3. The molecule has 0 saturated heterocycles. The molecule has 0 aromatic rings. The van der Waals surface area contributed by atoms with Gasteiger partial charge in [0.1, 0.15) is 11.5 Å². The minimum absolute atomic E-state index is 0.0311. The summed E-state index contributed by atoms with van der Waals surface area (Å²) >= 11 is 0. The predicted octanol–water partition coefficient (Wildman–Crippen LogP) is 1.96. The lowest BCUT2D eigenvalue weighted by Gasteiger charge is -2.49. The van der Waals surface area contributed by atoms with Gasteiger partial charge in [0.25, 0.3) is 0 Å². The first-order valence-electron chi connectivity index (χ1n) is 6.96. The van der Waals surface area contributed by atoms with Crippen LogP contribution in [0.1, 0.15) is 33.6 Å². The summed E-state index contributed by atoms with van der Waals surface area (Å²) in [5, 5.41) is 0. The number of hydrogen-bond donors (Lipinski definition) is 0. The summed E-state index contributed by atoms with van der Waals surface area (Å²) in [6.45, 7) is 4.82. The quantitative estimate of drug-likeness (QED) is 0.728. The van der Waals surface area contributed by atoms with Gasteiger partial charge in [0.05, 0.1) is 12.5 Å². The van der Waals surface area contributed by atoms with Crippen molar-refractivity contribution in [3.63, 3.8) is 0 Å². The van der Waals surface area contributed by atoms with E-state index in [2.05, 4.69) is 0 Å². The van der Waals surface area contributed by atoms with E-state index < -0.39 is 28.9 Å². The smallest absolute Gasteiger partial charge is 0.319 e. The number of esters is 2. The van der Waals surface area contributed by atoms with E-state index in [0.29, 0.717) is 18.4 Å². The molecule has 21 heavy (non-hydrogen) atoms. The van der Waals surface area contributed by atoms with Crippen molar-refractivity contribution in [1.82, 2.24) is 0 Å². The Morgan fingerprint density at radius 1 is 1.33 bits per heavy atom. The van der Waals surface area contributed by atoms with Crippen LogP contribution in [0.5, 0.6) is 0 Å². The molecule has 2 aliphatic rings. The van der Waals surface area contributed by atoms with Gasteiger partial charge in [-0.1, -0.05) is 12.2 Å². The molecule has 0 heterocycles. The Hall–Kier alpha value is -1.91. The van der Waals surface area contributed by atoms with Crippen LogP contribution in [0, 0.1) is 10.8 Å². The van der Waals surface area contributed by atoms with Crippen LogP contribution in [-0.2, 0) is 23.9 Å². The summed E-state index contributed by atoms with van der Waals surface area (Å²) in [7, 11) is 1.30. The van der Waals surface area contributed by atoms with Crippen LogP contribution in [0.25, 0.3) is 0 Å². The van der Waals surface area contributed by atoms with Gasteiger partial charge in [-0.05, 0) is 38.3 Å². The second kappa shape index (κ2) is 5.13. The average Bonchev–Trinajstić information content (AvgIpc) is 2.43. The highest BCUT2D eigenvalue weighted by Crippen LogP contribution is 2.54. The fraction of sp³-hybridized carbons (Fsp3) is 0.562. The predicted molar refractivity (Wildman–Crippen MR) is 75.2 cm³/mol. The van der Waals surface area contributed by atoms with Crippen LogP contribution in [0.4, 0.5) is 0 Å². The minimum atomic E-state index is -1.14. The molecule has 0 spiro atoms. The third-order valence-corrected chi connectivity index (χ3v) is 4.68. The van der Waals surface area contributed by atoms with E-state index in [9.17, 15) is 14.4 Å². The van der Waals surface area contributed by atoms with Gasteiger partial charge in [0.2, 0.25) is 0 Å². The molecule has 5 nitrogen and oxygen atoms in total. The molecule has 1 saturated carbocycles. The summed E-state index contributed by atoms with van der Waals surface area (Å²) in [6.07, 6.45) is 5.28. The van der Waals surface area contributed by atoms with Crippen molar-refractivity contribution in [3.8, 4) is 0 Å². The van der Waals surface area contributed by atoms with E-state index in [4.69, 9.17) is 9.47 Å². The number of carbonyl (C=O) groups excluding carboxylic acids is 3. The van der Waals surface area contributed by atoms with Crippen LogP contribution < -0.4 is 0 Å². The Morgan fingerprint density at radius 3 is 2.57 bits per heavy atom. The second-order valence-electron chi connectivity index (χ2n) is 5.97. The van der Waals surface area contributed by atoms with Gasteiger partial charge < -0.3 is 9.47 Å². The number of rotatable bonds is 2. The Kier molecular flexibility index (Phi) is 3.78. The summed E-state index contributed by atoms with van der Waals surface area (Å²) in [5.74, 6) is -0.970. The molecule has 0 aromatic carbocycles. The zero-order chi connectivity index (χ0) is 15.8. The number of fused-ring (bicyclic) bond motifs is 1. The number of ketones is 1. The molecule has 0 bridgehead atoms. The molecule has 0 aliphatic heterocycles. The first-order valence-corrected chi connectivity index (χ1v) is 6.96. The van der Waals surface area contributed by atoms with Crippen LogP contribution in [0.3, 0.4) is 0 Å².